The molecule has 0 spiro atoms. The minimum Gasteiger partial charge on any atom is -0.294 e. The van der Waals surface area contributed by atoms with Crippen molar-refractivity contribution in [3.8, 4) is 0 Å². The normalized spacial score (nSPS) is 15.7. The van der Waals surface area contributed by atoms with Crippen molar-refractivity contribution < 1.29 is 0 Å². The summed E-state index contributed by atoms with van der Waals surface area (Å²) < 4.78 is 0. The van der Waals surface area contributed by atoms with E-state index in [0.29, 0.717) is 5.92 Å². The minimum atomic E-state index is 0.411. The molecule has 1 aliphatic heterocycles. The molecule has 0 saturated carbocycles. The van der Waals surface area contributed by atoms with Crippen molar-refractivity contribution >= 4 is 11.3 Å². The van der Waals surface area contributed by atoms with Crippen molar-refractivity contribution in [3.05, 3.63) is 45.7 Å². The van der Waals surface area contributed by atoms with Crippen molar-refractivity contribution in [1.82, 2.24) is 14.9 Å². The van der Waals surface area contributed by atoms with Crippen LogP contribution in [0.15, 0.2) is 23.0 Å². The molecule has 0 atom stereocenters. The zero-order chi connectivity index (χ0) is 13.2. The van der Waals surface area contributed by atoms with E-state index in [9.17, 15) is 0 Å². The molecule has 1 aliphatic rings. The van der Waals surface area contributed by atoms with Crippen LogP contribution in [0.25, 0.3) is 0 Å². The van der Waals surface area contributed by atoms with Crippen molar-refractivity contribution in [2.45, 2.75) is 39.3 Å². The highest BCUT2D eigenvalue weighted by Gasteiger charge is 2.19. The van der Waals surface area contributed by atoms with Gasteiger partial charge in [-0.05, 0) is 22.4 Å². The van der Waals surface area contributed by atoms with Gasteiger partial charge in [0, 0.05) is 49.4 Å². The van der Waals surface area contributed by atoms with E-state index in [0.717, 1.165) is 31.9 Å². The van der Waals surface area contributed by atoms with Gasteiger partial charge in [-0.3, -0.25) is 4.90 Å². The molecular weight excluding hydrogens is 254 g/mol. The molecule has 2 aromatic heterocycles. The second-order valence-corrected chi connectivity index (χ2v) is 6.23. The van der Waals surface area contributed by atoms with E-state index in [4.69, 9.17) is 4.98 Å². The summed E-state index contributed by atoms with van der Waals surface area (Å²) in [4.78, 5) is 11.7. The topological polar surface area (TPSA) is 29.0 Å². The first kappa shape index (κ1) is 12.8. The lowest BCUT2D eigenvalue weighted by molar-refractivity contribution is 0.243. The van der Waals surface area contributed by atoms with E-state index in [-0.39, 0.29) is 0 Å². The maximum absolute atomic E-state index is 4.71. The first-order chi connectivity index (χ1) is 9.22. The van der Waals surface area contributed by atoms with Crippen LogP contribution in [0.3, 0.4) is 0 Å². The third kappa shape index (κ3) is 2.85. The third-order valence-corrected chi connectivity index (χ3v) is 4.27. The van der Waals surface area contributed by atoms with Crippen LogP contribution >= 0.6 is 11.3 Å². The fourth-order valence-electron chi connectivity index (χ4n) is 2.44. The highest BCUT2D eigenvalue weighted by molar-refractivity contribution is 7.07. The van der Waals surface area contributed by atoms with E-state index in [2.05, 4.69) is 40.6 Å². The standard InChI is InChI=1S/C15H19N3S/c1-11(2)15-16-7-13-9-18(5-3-14(13)17-15)8-12-4-6-19-10-12/h4,6-7,10-11H,3,5,8-9H2,1-2H3. The van der Waals surface area contributed by atoms with E-state index >= 15 is 0 Å². The Hall–Kier alpha value is -1.26. The molecule has 0 bridgehead atoms. The number of thiophene rings is 1. The predicted octanol–water partition coefficient (Wildman–Crippen LogP) is 3.22. The number of aromatic nitrogens is 2. The van der Waals surface area contributed by atoms with Gasteiger partial charge < -0.3 is 0 Å². The van der Waals surface area contributed by atoms with Gasteiger partial charge in [0.15, 0.2) is 0 Å². The van der Waals surface area contributed by atoms with Crippen LogP contribution in [0.1, 0.15) is 42.4 Å². The maximum atomic E-state index is 4.71. The van der Waals surface area contributed by atoms with Gasteiger partial charge in [-0.15, -0.1) is 0 Å². The Bertz CT molecular complexity index is 549. The predicted molar refractivity (Wildman–Crippen MR) is 78.3 cm³/mol. The Morgan fingerprint density at radius 3 is 3.05 bits per heavy atom. The van der Waals surface area contributed by atoms with Crippen molar-refractivity contribution in [1.29, 1.82) is 0 Å². The van der Waals surface area contributed by atoms with Crippen molar-refractivity contribution in [2.75, 3.05) is 6.54 Å². The summed E-state index contributed by atoms with van der Waals surface area (Å²) in [6.07, 6.45) is 3.07. The SMILES string of the molecule is CC(C)c1ncc2c(n1)CCN(Cc1ccsc1)C2. The molecule has 2 aromatic rings. The molecule has 3 rings (SSSR count). The molecule has 0 aliphatic carbocycles. The smallest absolute Gasteiger partial charge is 0.131 e. The van der Waals surface area contributed by atoms with Gasteiger partial charge in [-0.25, -0.2) is 9.97 Å². The molecule has 0 amide bonds. The zero-order valence-corrected chi connectivity index (χ0v) is 12.3. The Kier molecular flexibility index (Phi) is 3.62. The molecule has 100 valence electrons. The lowest BCUT2D eigenvalue weighted by Crippen LogP contribution is -2.31. The molecule has 0 radical (unpaired) electrons. The van der Waals surface area contributed by atoms with Gasteiger partial charge in [0.2, 0.25) is 0 Å². The highest BCUT2D eigenvalue weighted by atomic mass is 32.1. The van der Waals surface area contributed by atoms with Gasteiger partial charge in [0.05, 0.1) is 0 Å². The highest BCUT2D eigenvalue weighted by Crippen LogP contribution is 2.21. The number of nitrogens with zero attached hydrogens (tertiary/aromatic N) is 3. The molecule has 0 N–H and O–H groups in total. The van der Waals surface area contributed by atoms with Gasteiger partial charge in [0.25, 0.3) is 0 Å². The van der Waals surface area contributed by atoms with E-state index < -0.39 is 0 Å². The average molecular weight is 273 g/mol. The molecule has 0 aromatic carbocycles. The van der Waals surface area contributed by atoms with Crippen molar-refractivity contribution in [2.24, 2.45) is 0 Å². The van der Waals surface area contributed by atoms with Gasteiger partial charge in [-0.1, -0.05) is 13.8 Å². The Morgan fingerprint density at radius 1 is 1.42 bits per heavy atom. The molecule has 0 saturated heterocycles. The first-order valence-electron chi connectivity index (χ1n) is 6.80. The Labute approximate surface area is 118 Å². The van der Waals surface area contributed by atoms with Crippen LogP contribution < -0.4 is 0 Å². The summed E-state index contributed by atoms with van der Waals surface area (Å²) in [5.41, 5.74) is 3.96. The van der Waals surface area contributed by atoms with E-state index in [1.54, 1.807) is 11.3 Å². The van der Waals surface area contributed by atoms with Crippen LogP contribution in [0.2, 0.25) is 0 Å². The maximum Gasteiger partial charge on any atom is 0.131 e. The molecule has 19 heavy (non-hydrogen) atoms. The van der Waals surface area contributed by atoms with Crippen LogP contribution in [-0.2, 0) is 19.5 Å². The largest absolute Gasteiger partial charge is 0.294 e. The summed E-state index contributed by atoms with van der Waals surface area (Å²) in [6.45, 7) is 7.40. The van der Waals surface area contributed by atoms with Crippen LogP contribution in [0, 0.1) is 0 Å². The molecular formula is C15H19N3S. The van der Waals surface area contributed by atoms with Gasteiger partial charge in [-0.2, -0.15) is 11.3 Å². The minimum absolute atomic E-state index is 0.411. The zero-order valence-electron chi connectivity index (χ0n) is 11.5. The Balaban J connectivity index is 1.73. The molecule has 0 unspecified atom stereocenters. The molecule has 3 nitrogen and oxygen atoms in total. The lowest BCUT2D eigenvalue weighted by Gasteiger charge is -2.27. The van der Waals surface area contributed by atoms with E-state index in [1.165, 1.54) is 16.8 Å². The van der Waals surface area contributed by atoms with Crippen LogP contribution in [0.5, 0.6) is 0 Å². The monoisotopic (exact) mass is 273 g/mol. The van der Waals surface area contributed by atoms with Crippen LogP contribution in [-0.4, -0.2) is 21.4 Å². The fourth-order valence-corrected chi connectivity index (χ4v) is 3.10. The fraction of sp³-hybridized carbons (Fsp3) is 0.467. The summed E-state index contributed by atoms with van der Waals surface area (Å²) in [5, 5.41) is 4.37. The second-order valence-electron chi connectivity index (χ2n) is 5.45. The second kappa shape index (κ2) is 5.39. The summed E-state index contributed by atoms with van der Waals surface area (Å²) in [6, 6.07) is 2.21. The van der Waals surface area contributed by atoms with E-state index in [1.807, 2.05) is 6.20 Å². The Morgan fingerprint density at radius 2 is 2.32 bits per heavy atom. The van der Waals surface area contributed by atoms with Crippen molar-refractivity contribution in [3.63, 3.8) is 0 Å². The quantitative estimate of drug-likeness (QED) is 0.860. The number of hydrogen-bond acceptors (Lipinski definition) is 4. The number of rotatable bonds is 3. The van der Waals surface area contributed by atoms with Gasteiger partial charge >= 0.3 is 0 Å². The third-order valence-electron chi connectivity index (χ3n) is 3.53. The summed E-state index contributed by atoms with van der Waals surface area (Å²) in [5.74, 6) is 1.39. The summed E-state index contributed by atoms with van der Waals surface area (Å²) >= 11 is 1.77. The average Bonchev–Trinajstić information content (AvgIpc) is 2.91. The van der Waals surface area contributed by atoms with Gasteiger partial charge in [0.1, 0.15) is 5.82 Å². The molecule has 0 fully saturated rings. The number of hydrogen-bond donors (Lipinski definition) is 0. The molecule has 3 heterocycles. The summed E-state index contributed by atoms with van der Waals surface area (Å²) in [7, 11) is 0. The number of fused-ring (bicyclic) bond motifs is 1. The van der Waals surface area contributed by atoms with Crippen LogP contribution in [0.4, 0.5) is 0 Å². The lowest BCUT2D eigenvalue weighted by atomic mass is 10.1. The first-order valence-corrected chi connectivity index (χ1v) is 7.75. The molecule has 4 heteroatoms.